The van der Waals surface area contributed by atoms with Crippen LogP contribution in [-0.4, -0.2) is 24.0 Å². The number of hydrogen-bond donors (Lipinski definition) is 0. The van der Waals surface area contributed by atoms with Crippen LogP contribution < -0.4 is 4.90 Å². The molecule has 0 aliphatic carbocycles. The second kappa shape index (κ2) is 9.53. The third-order valence-corrected chi connectivity index (χ3v) is 6.89. The Morgan fingerprint density at radius 3 is 2.66 bits per heavy atom. The molecule has 1 aliphatic heterocycles. The van der Waals surface area contributed by atoms with E-state index in [2.05, 4.69) is 11.0 Å². The molecule has 32 heavy (non-hydrogen) atoms. The highest BCUT2D eigenvalue weighted by atomic mass is 35.5. The predicted octanol–water partition coefficient (Wildman–Crippen LogP) is 6.57. The first-order valence-electron chi connectivity index (χ1n) is 10.2. The van der Waals surface area contributed by atoms with Crippen LogP contribution in [-0.2, 0) is 19.3 Å². The van der Waals surface area contributed by atoms with E-state index >= 15 is 0 Å². The zero-order valence-electron chi connectivity index (χ0n) is 17.1. The first-order valence-corrected chi connectivity index (χ1v) is 11.5. The van der Waals surface area contributed by atoms with Crippen LogP contribution in [0, 0.1) is 11.3 Å². The van der Waals surface area contributed by atoms with Crippen molar-refractivity contribution >= 4 is 28.6 Å². The summed E-state index contributed by atoms with van der Waals surface area (Å²) in [4.78, 5) is 5.58. The summed E-state index contributed by atoms with van der Waals surface area (Å²) in [5.41, 5.74) is 0.654. The number of halogens is 4. The summed E-state index contributed by atoms with van der Waals surface area (Å²) in [5.74, 6) is 0. The molecule has 2 heterocycles. The van der Waals surface area contributed by atoms with E-state index in [1.54, 1.807) is 35.6 Å². The highest BCUT2D eigenvalue weighted by molar-refractivity contribution is 7.09. The molecule has 0 spiro atoms. The Bertz CT molecular complexity index is 1110. The van der Waals surface area contributed by atoms with Gasteiger partial charge in [0.05, 0.1) is 16.1 Å². The summed E-state index contributed by atoms with van der Waals surface area (Å²) < 4.78 is 40.9. The topological polar surface area (TPSA) is 30.3 Å². The minimum absolute atomic E-state index is 0.0280. The third kappa shape index (κ3) is 5.09. The van der Waals surface area contributed by atoms with Crippen molar-refractivity contribution < 1.29 is 13.2 Å². The maximum atomic E-state index is 13.6. The minimum Gasteiger partial charge on any atom is -0.363 e. The van der Waals surface area contributed by atoms with Gasteiger partial charge in [-0.3, -0.25) is 4.90 Å². The van der Waals surface area contributed by atoms with Gasteiger partial charge in [0.2, 0.25) is 0 Å². The lowest BCUT2D eigenvalue weighted by Crippen LogP contribution is -2.37. The van der Waals surface area contributed by atoms with E-state index in [0.29, 0.717) is 16.3 Å². The lowest BCUT2D eigenvalue weighted by Gasteiger charge is -2.32. The van der Waals surface area contributed by atoms with Crippen LogP contribution in [0.5, 0.6) is 0 Å². The van der Waals surface area contributed by atoms with Gasteiger partial charge in [-0.2, -0.15) is 18.4 Å². The summed E-state index contributed by atoms with van der Waals surface area (Å²) in [6, 6.07) is 16.9. The predicted molar refractivity (Wildman–Crippen MR) is 122 cm³/mol. The first kappa shape index (κ1) is 22.7. The molecule has 0 saturated carbocycles. The van der Waals surface area contributed by atoms with Crippen LogP contribution in [0.4, 0.5) is 18.9 Å². The normalized spacial score (nSPS) is 16.8. The molecule has 3 nitrogen and oxygen atoms in total. The fourth-order valence-corrected chi connectivity index (χ4v) is 5.12. The van der Waals surface area contributed by atoms with Gasteiger partial charge in [0.1, 0.15) is 6.07 Å². The largest absolute Gasteiger partial charge is 0.416 e. The lowest BCUT2D eigenvalue weighted by atomic mass is 10.0. The van der Waals surface area contributed by atoms with Gasteiger partial charge < -0.3 is 4.90 Å². The van der Waals surface area contributed by atoms with Gasteiger partial charge in [-0.15, -0.1) is 11.3 Å². The molecule has 0 bridgehead atoms. The van der Waals surface area contributed by atoms with Gasteiger partial charge in [-0.1, -0.05) is 35.9 Å². The fourth-order valence-electron chi connectivity index (χ4n) is 4.16. The summed E-state index contributed by atoms with van der Waals surface area (Å²) in [6.07, 6.45) is -3.59. The van der Waals surface area contributed by atoms with Crippen LogP contribution in [0.15, 0.2) is 60.0 Å². The minimum atomic E-state index is -4.43. The summed E-state index contributed by atoms with van der Waals surface area (Å²) >= 11 is 7.97. The van der Waals surface area contributed by atoms with Crippen LogP contribution in [0.1, 0.15) is 28.0 Å². The molecule has 166 valence electrons. The molecule has 1 aromatic heterocycles. The van der Waals surface area contributed by atoms with E-state index in [0.717, 1.165) is 32.1 Å². The number of nitriles is 1. The number of rotatable bonds is 6. The average molecular weight is 476 g/mol. The second-order valence-corrected chi connectivity index (χ2v) is 9.26. The van der Waals surface area contributed by atoms with Gasteiger partial charge in [0.25, 0.3) is 0 Å². The number of likely N-dealkylation sites (tertiary alicyclic amines) is 1. The number of anilines is 1. The van der Waals surface area contributed by atoms with Gasteiger partial charge in [-0.25, -0.2) is 0 Å². The monoisotopic (exact) mass is 475 g/mol. The standard InChI is InChI=1S/C24H21ClF3N3S/c25-23-12-19(8-7-17(23)13-29)31(14-18-4-1-2-6-22(18)24(26,27)28)20-9-10-30(15-20)16-21-5-3-11-32-21/h1-8,11-12,20H,9-10,14-16H2/t20-/m0/s1. The number of hydrogen-bond acceptors (Lipinski definition) is 4. The Hall–Kier alpha value is -2.53. The molecular weight excluding hydrogens is 455 g/mol. The Labute approximate surface area is 194 Å². The van der Waals surface area contributed by atoms with Crippen LogP contribution in [0.3, 0.4) is 0 Å². The molecule has 3 aromatic rings. The molecule has 0 amide bonds. The molecule has 0 radical (unpaired) electrons. The molecule has 4 rings (SSSR count). The number of alkyl halides is 3. The number of nitrogens with zero attached hydrogens (tertiary/aromatic N) is 3. The van der Waals surface area contributed by atoms with E-state index < -0.39 is 11.7 Å². The first-order chi connectivity index (χ1) is 15.3. The Morgan fingerprint density at radius 1 is 1.16 bits per heavy atom. The molecular formula is C24H21ClF3N3S. The summed E-state index contributed by atoms with van der Waals surface area (Å²) in [7, 11) is 0. The van der Waals surface area contributed by atoms with E-state index in [-0.39, 0.29) is 18.2 Å². The van der Waals surface area contributed by atoms with Crippen LogP contribution in [0.25, 0.3) is 0 Å². The molecule has 2 aromatic carbocycles. The van der Waals surface area contributed by atoms with Crippen molar-refractivity contribution in [2.45, 2.75) is 31.7 Å². The molecule has 1 saturated heterocycles. The van der Waals surface area contributed by atoms with E-state index in [4.69, 9.17) is 11.6 Å². The van der Waals surface area contributed by atoms with Crippen molar-refractivity contribution in [1.29, 1.82) is 5.26 Å². The van der Waals surface area contributed by atoms with Crippen molar-refractivity contribution in [1.82, 2.24) is 4.90 Å². The van der Waals surface area contributed by atoms with Crippen LogP contribution >= 0.6 is 22.9 Å². The fraction of sp³-hybridized carbons (Fsp3) is 0.292. The SMILES string of the molecule is N#Cc1ccc(N(Cc2ccccc2C(F)(F)F)[C@H]2CCN(Cc3cccs3)C2)cc1Cl. The summed E-state index contributed by atoms with van der Waals surface area (Å²) in [6.45, 7) is 2.54. The lowest BCUT2D eigenvalue weighted by molar-refractivity contribution is -0.138. The van der Waals surface area contributed by atoms with E-state index in [1.807, 2.05) is 22.4 Å². The summed E-state index contributed by atoms with van der Waals surface area (Å²) in [5, 5.41) is 11.5. The molecule has 0 unspecified atom stereocenters. The van der Waals surface area contributed by atoms with Gasteiger partial charge in [0, 0.05) is 42.8 Å². The molecule has 0 N–H and O–H groups in total. The van der Waals surface area contributed by atoms with E-state index in [1.165, 1.54) is 17.0 Å². The Balaban J connectivity index is 1.64. The average Bonchev–Trinajstić information content (AvgIpc) is 3.44. The van der Waals surface area contributed by atoms with Crippen molar-refractivity contribution in [3.05, 3.63) is 86.6 Å². The molecule has 1 fully saturated rings. The molecule has 8 heteroatoms. The molecule has 1 atom stereocenters. The quantitative estimate of drug-likeness (QED) is 0.403. The van der Waals surface area contributed by atoms with Crippen LogP contribution in [0.2, 0.25) is 5.02 Å². The van der Waals surface area contributed by atoms with Gasteiger partial charge >= 0.3 is 6.18 Å². The smallest absolute Gasteiger partial charge is 0.363 e. The molecule has 1 aliphatic rings. The maximum absolute atomic E-state index is 13.6. The van der Waals surface area contributed by atoms with E-state index in [9.17, 15) is 18.4 Å². The second-order valence-electron chi connectivity index (χ2n) is 7.82. The third-order valence-electron chi connectivity index (χ3n) is 5.72. The van der Waals surface area contributed by atoms with Crippen molar-refractivity contribution in [2.75, 3.05) is 18.0 Å². The zero-order valence-corrected chi connectivity index (χ0v) is 18.7. The Kier molecular flexibility index (Phi) is 6.75. The van der Waals surface area contributed by atoms with Crippen molar-refractivity contribution in [3.63, 3.8) is 0 Å². The Morgan fingerprint density at radius 2 is 1.97 bits per heavy atom. The highest BCUT2D eigenvalue weighted by Gasteiger charge is 2.35. The maximum Gasteiger partial charge on any atom is 0.416 e. The van der Waals surface area contributed by atoms with Gasteiger partial charge in [-0.05, 0) is 47.7 Å². The number of thiophene rings is 1. The highest BCUT2D eigenvalue weighted by Crippen LogP contribution is 2.35. The number of benzene rings is 2. The van der Waals surface area contributed by atoms with Crippen molar-refractivity contribution in [3.8, 4) is 6.07 Å². The zero-order chi connectivity index (χ0) is 22.7. The van der Waals surface area contributed by atoms with Crippen molar-refractivity contribution in [2.24, 2.45) is 0 Å². The van der Waals surface area contributed by atoms with Gasteiger partial charge in [0.15, 0.2) is 0 Å².